The third kappa shape index (κ3) is 6.62. The van der Waals surface area contributed by atoms with E-state index in [2.05, 4.69) is 10.6 Å². The van der Waals surface area contributed by atoms with Gasteiger partial charge in [-0.2, -0.15) is 0 Å². The predicted molar refractivity (Wildman–Crippen MR) is 75.3 cm³/mol. The molecule has 0 atom stereocenters. The van der Waals surface area contributed by atoms with Crippen molar-refractivity contribution in [1.29, 1.82) is 0 Å². The van der Waals surface area contributed by atoms with E-state index in [1.54, 1.807) is 12.1 Å². The van der Waals surface area contributed by atoms with Gasteiger partial charge in [-0.05, 0) is 24.6 Å². The maximum absolute atomic E-state index is 11.5. The number of hydrogen-bond acceptors (Lipinski definition) is 4. The molecule has 0 aromatic heterocycles. The van der Waals surface area contributed by atoms with Crippen molar-refractivity contribution in [2.75, 3.05) is 19.7 Å². The summed E-state index contributed by atoms with van der Waals surface area (Å²) in [5.41, 5.74) is 0.933. The van der Waals surface area contributed by atoms with E-state index < -0.39 is 24.3 Å². The molecule has 2 amide bonds. The summed E-state index contributed by atoms with van der Waals surface area (Å²) >= 11 is 5.90. The molecule has 8 heteroatoms. The van der Waals surface area contributed by atoms with Crippen LogP contribution in [0, 0.1) is 6.92 Å². The van der Waals surface area contributed by atoms with Crippen molar-refractivity contribution in [2.45, 2.75) is 6.92 Å². The van der Waals surface area contributed by atoms with E-state index in [1.807, 2.05) is 13.0 Å². The number of carbonyl (C=O) groups excluding carboxylic acids is 2. The van der Waals surface area contributed by atoms with Crippen LogP contribution in [0.5, 0.6) is 5.75 Å². The van der Waals surface area contributed by atoms with Crippen molar-refractivity contribution < 1.29 is 24.2 Å². The summed E-state index contributed by atoms with van der Waals surface area (Å²) < 4.78 is 5.24. The molecular weight excluding hydrogens is 300 g/mol. The SMILES string of the molecule is Cc1ccc(Cl)c(OCC(=O)NCC(=O)NCC(=O)O)c1. The molecule has 0 radical (unpaired) electrons. The van der Waals surface area contributed by atoms with Gasteiger partial charge >= 0.3 is 5.97 Å². The van der Waals surface area contributed by atoms with Crippen LogP contribution in [0.3, 0.4) is 0 Å². The molecule has 0 saturated carbocycles. The molecule has 0 fully saturated rings. The van der Waals surface area contributed by atoms with Gasteiger partial charge in [-0.3, -0.25) is 14.4 Å². The Morgan fingerprint density at radius 2 is 1.86 bits per heavy atom. The second-order valence-electron chi connectivity index (χ2n) is 4.17. The molecule has 0 saturated heterocycles. The van der Waals surface area contributed by atoms with Gasteiger partial charge in [0.1, 0.15) is 12.3 Å². The van der Waals surface area contributed by atoms with Crippen LogP contribution in [0.2, 0.25) is 5.02 Å². The molecule has 0 unspecified atom stereocenters. The fourth-order valence-corrected chi connectivity index (χ4v) is 1.50. The standard InChI is InChI=1S/C13H15ClN2O5/c1-8-2-3-9(14)10(4-8)21-7-12(18)15-5-11(17)16-6-13(19)20/h2-4H,5-7H2,1H3,(H,15,18)(H,16,17)(H,19,20). The monoisotopic (exact) mass is 314 g/mol. The number of ether oxygens (including phenoxy) is 1. The molecule has 1 rings (SSSR count). The lowest BCUT2D eigenvalue weighted by atomic mass is 10.2. The Morgan fingerprint density at radius 3 is 2.52 bits per heavy atom. The van der Waals surface area contributed by atoms with Crippen LogP contribution >= 0.6 is 11.6 Å². The summed E-state index contributed by atoms with van der Waals surface area (Å²) in [7, 11) is 0. The smallest absolute Gasteiger partial charge is 0.322 e. The Balaban J connectivity index is 2.32. The van der Waals surface area contributed by atoms with Gasteiger partial charge in [0.25, 0.3) is 5.91 Å². The first-order valence-electron chi connectivity index (χ1n) is 6.02. The molecule has 0 aliphatic heterocycles. The molecule has 114 valence electrons. The van der Waals surface area contributed by atoms with Crippen LogP contribution in [0.25, 0.3) is 0 Å². The third-order valence-electron chi connectivity index (χ3n) is 2.33. The largest absolute Gasteiger partial charge is 0.482 e. The molecule has 0 bridgehead atoms. The van der Waals surface area contributed by atoms with Gasteiger partial charge in [0.2, 0.25) is 5.91 Å². The zero-order valence-electron chi connectivity index (χ0n) is 11.3. The summed E-state index contributed by atoms with van der Waals surface area (Å²) in [5.74, 6) is -1.90. The summed E-state index contributed by atoms with van der Waals surface area (Å²) in [4.78, 5) is 32.9. The maximum atomic E-state index is 11.5. The third-order valence-corrected chi connectivity index (χ3v) is 2.64. The van der Waals surface area contributed by atoms with Gasteiger partial charge in [-0.25, -0.2) is 0 Å². The van der Waals surface area contributed by atoms with Crippen LogP contribution in [-0.2, 0) is 14.4 Å². The van der Waals surface area contributed by atoms with Gasteiger partial charge in [0, 0.05) is 0 Å². The first-order valence-corrected chi connectivity index (χ1v) is 6.40. The van der Waals surface area contributed by atoms with Crippen molar-refractivity contribution in [1.82, 2.24) is 10.6 Å². The van der Waals surface area contributed by atoms with E-state index in [4.69, 9.17) is 21.4 Å². The first-order chi connectivity index (χ1) is 9.88. The minimum Gasteiger partial charge on any atom is -0.482 e. The number of amides is 2. The molecule has 0 aliphatic carbocycles. The second-order valence-corrected chi connectivity index (χ2v) is 4.58. The Hall–Kier alpha value is -2.28. The van der Waals surface area contributed by atoms with Crippen molar-refractivity contribution in [3.8, 4) is 5.75 Å². The van der Waals surface area contributed by atoms with Crippen LogP contribution in [0.15, 0.2) is 18.2 Å². The van der Waals surface area contributed by atoms with E-state index in [0.717, 1.165) is 5.56 Å². The fraction of sp³-hybridized carbons (Fsp3) is 0.308. The summed E-state index contributed by atoms with van der Waals surface area (Å²) in [6, 6.07) is 5.15. The molecule has 7 nitrogen and oxygen atoms in total. The highest BCUT2D eigenvalue weighted by atomic mass is 35.5. The molecule has 0 spiro atoms. The number of hydrogen-bond donors (Lipinski definition) is 3. The zero-order valence-corrected chi connectivity index (χ0v) is 12.1. The fourth-order valence-electron chi connectivity index (χ4n) is 1.33. The molecular formula is C13H15ClN2O5. The second kappa shape index (κ2) is 8.11. The minimum absolute atomic E-state index is 0.296. The number of aryl methyl sites for hydroxylation is 1. The van der Waals surface area contributed by atoms with Crippen LogP contribution in [0.4, 0.5) is 0 Å². The van der Waals surface area contributed by atoms with Crippen molar-refractivity contribution in [3.05, 3.63) is 28.8 Å². The van der Waals surface area contributed by atoms with Gasteiger partial charge in [-0.1, -0.05) is 17.7 Å². The number of carboxylic acids is 1. The Bertz CT molecular complexity index is 547. The number of carbonyl (C=O) groups is 3. The molecule has 0 aliphatic rings. The van der Waals surface area contributed by atoms with E-state index in [9.17, 15) is 14.4 Å². The summed E-state index contributed by atoms with van der Waals surface area (Å²) in [6.07, 6.45) is 0. The minimum atomic E-state index is -1.16. The van der Waals surface area contributed by atoms with Gasteiger partial charge in [0.15, 0.2) is 6.61 Å². The molecule has 21 heavy (non-hydrogen) atoms. The number of benzene rings is 1. The Kier molecular flexibility index (Phi) is 6.48. The highest BCUT2D eigenvalue weighted by Crippen LogP contribution is 2.24. The first kappa shape index (κ1) is 16.8. The van der Waals surface area contributed by atoms with Gasteiger partial charge in [0.05, 0.1) is 11.6 Å². The van der Waals surface area contributed by atoms with Gasteiger partial charge in [-0.15, -0.1) is 0 Å². The normalized spacial score (nSPS) is 9.81. The van der Waals surface area contributed by atoms with Crippen molar-refractivity contribution >= 4 is 29.4 Å². The molecule has 3 N–H and O–H groups in total. The Labute approximate surface area is 126 Å². The van der Waals surface area contributed by atoms with E-state index in [0.29, 0.717) is 10.8 Å². The van der Waals surface area contributed by atoms with Crippen molar-refractivity contribution in [3.63, 3.8) is 0 Å². The quantitative estimate of drug-likeness (QED) is 0.673. The highest BCUT2D eigenvalue weighted by Gasteiger charge is 2.09. The van der Waals surface area contributed by atoms with E-state index >= 15 is 0 Å². The molecule has 1 aromatic carbocycles. The number of nitrogens with one attached hydrogen (secondary N) is 2. The lowest BCUT2D eigenvalue weighted by molar-refractivity contribution is -0.137. The highest BCUT2D eigenvalue weighted by molar-refractivity contribution is 6.32. The number of aliphatic carboxylic acids is 1. The summed E-state index contributed by atoms with van der Waals surface area (Å²) in [5, 5.41) is 13.2. The summed E-state index contributed by atoms with van der Waals surface area (Å²) in [6.45, 7) is 0.743. The molecule has 0 heterocycles. The van der Waals surface area contributed by atoms with Crippen LogP contribution < -0.4 is 15.4 Å². The predicted octanol–water partition coefficient (Wildman–Crippen LogP) is 0.344. The van der Waals surface area contributed by atoms with Crippen molar-refractivity contribution in [2.24, 2.45) is 0 Å². The average Bonchev–Trinajstić information content (AvgIpc) is 2.43. The van der Waals surface area contributed by atoms with Gasteiger partial charge < -0.3 is 20.5 Å². The van der Waals surface area contributed by atoms with Crippen LogP contribution in [-0.4, -0.2) is 42.6 Å². The average molecular weight is 315 g/mol. The zero-order chi connectivity index (χ0) is 15.8. The lowest BCUT2D eigenvalue weighted by Gasteiger charge is -2.09. The topological polar surface area (TPSA) is 105 Å². The Morgan fingerprint density at radius 1 is 1.19 bits per heavy atom. The number of halogens is 1. The van der Waals surface area contributed by atoms with E-state index in [1.165, 1.54) is 0 Å². The lowest BCUT2D eigenvalue weighted by Crippen LogP contribution is -2.40. The maximum Gasteiger partial charge on any atom is 0.322 e. The van der Waals surface area contributed by atoms with Crippen LogP contribution in [0.1, 0.15) is 5.56 Å². The number of carboxylic acid groups (broad SMARTS) is 1. The van der Waals surface area contributed by atoms with E-state index in [-0.39, 0.29) is 13.2 Å². The number of rotatable bonds is 7. The molecule has 1 aromatic rings.